The van der Waals surface area contributed by atoms with Crippen molar-refractivity contribution in [1.29, 1.82) is 0 Å². The minimum absolute atomic E-state index is 0. The van der Waals surface area contributed by atoms with Crippen molar-refractivity contribution in [2.45, 2.75) is 13.8 Å². The van der Waals surface area contributed by atoms with Gasteiger partial charge in [0.05, 0.1) is 23.4 Å². The molecule has 1 aromatic heterocycles. The maximum Gasteiger partial charge on any atom is 0.260 e. The molecule has 2 heterocycles. The van der Waals surface area contributed by atoms with E-state index in [1.165, 1.54) is 16.9 Å². The van der Waals surface area contributed by atoms with Crippen LogP contribution in [0, 0.1) is 13.8 Å². The Hall–Kier alpha value is -1.70. The van der Waals surface area contributed by atoms with Crippen molar-refractivity contribution in [1.82, 2.24) is 9.88 Å². The van der Waals surface area contributed by atoms with Crippen molar-refractivity contribution in [3.05, 3.63) is 58.1 Å². The molecule has 0 bridgehead atoms. The third kappa shape index (κ3) is 5.13. The summed E-state index contributed by atoms with van der Waals surface area (Å²) < 4.78 is 6.42. The molecule has 0 N–H and O–H groups in total. The van der Waals surface area contributed by atoms with Crippen LogP contribution in [0.5, 0.6) is 0 Å². The van der Waals surface area contributed by atoms with Gasteiger partial charge < -0.3 is 4.74 Å². The summed E-state index contributed by atoms with van der Waals surface area (Å²) in [5.74, 6) is -0.0217. The predicted molar refractivity (Wildman–Crippen MR) is 127 cm³/mol. The summed E-state index contributed by atoms with van der Waals surface area (Å²) in [5, 5.41) is 1.38. The maximum atomic E-state index is 13.4. The van der Waals surface area contributed by atoms with Gasteiger partial charge in [0.1, 0.15) is 0 Å². The molecule has 8 heteroatoms. The molecule has 4 rings (SSSR count). The van der Waals surface area contributed by atoms with E-state index in [2.05, 4.69) is 11.8 Å². The first-order valence-corrected chi connectivity index (χ1v) is 11.0. The van der Waals surface area contributed by atoms with Crippen LogP contribution in [0.4, 0.5) is 5.13 Å². The van der Waals surface area contributed by atoms with Gasteiger partial charge in [0.25, 0.3) is 5.91 Å². The summed E-state index contributed by atoms with van der Waals surface area (Å²) in [6, 6.07) is 11.5. The second-order valence-electron chi connectivity index (χ2n) is 7.32. The normalized spacial score (nSPS) is 14.5. The highest BCUT2D eigenvalue weighted by Crippen LogP contribution is 2.31. The Kier molecular flexibility index (Phi) is 7.71. The summed E-state index contributed by atoms with van der Waals surface area (Å²) in [5.41, 5.74) is 3.84. The third-order valence-corrected chi connectivity index (χ3v) is 6.59. The van der Waals surface area contributed by atoms with Crippen molar-refractivity contribution >= 4 is 56.6 Å². The van der Waals surface area contributed by atoms with Crippen LogP contribution in [0.25, 0.3) is 10.2 Å². The van der Waals surface area contributed by atoms with E-state index in [4.69, 9.17) is 21.3 Å². The average Bonchev–Trinajstić information content (AvgIpc) is 3.13. The van der Waals surface area contributed by atoms with Gasteiger partial charge in [-0.15, -0.1) is 12.4 Å². The number of carbonyl (C=O) groups excluding carboxylic acids is 1. The highest BCUT2D eigenvalue weighted by atomic mass is 35.5. The Bertz CT molecular complexity index is 1030. The molecule has 160 valence electrons. The average molecular weight is 466 g/mol. The molecule has 0 radical (unpaired) electrons. The van der Waals surface area contributed by atoms with Gasteiger partial charge >= 0.3 is 0 Å². The van der Waals surface area contributed by atoms with Gasteiger partial charge in [-0.25, -0.2) is 4.98 Å². The van der Waals surface area contributed by atoms with Crippen LogP contribution in [0.15, 0.2) is 36.4 Å². The smallest absolute Gasteiger partial charge is 0.260 e. The van der Waals surface area contributed by atoms with Crippen LogP contribution in [-0.2, 0) is 4.74 Å². The van der Waals surface area contributed by atoms with E-state index in [-0.39, 0.29) is 18.3 Å². The molecule has 1 amide bonds. The molecule has 2 aromatic carbocycles. The quantitative estimate of drug-likeness (QED) is 0.533. The van der Waals surface area contributed by atoms with Crippen LogP contribution < -0.4 is 4.90 Å². The SMILES string of the molecule is Cc1ccc(C(=O)N(CCN2CCOCC2)c2nc3ccc(Cl)cc3s2)cc1C.Cl. The van der Waals surface area contributed by atoms with Gasteiger partial charge in [-0.3, -0.25) is 14.6 Å². The number of nitrogens with zero attached hydrogens (tertiary/aromatic N) is 3. The van der Waals surface area contributed by atoms with E-state index < -0.39 is 0 Å². The lowest BCUT2D eigenvalue weighted by molar-refractivity contribution is 0.0391. The highest BCUT2D eigenvalue weighted by molar-refractivity contribution is 7.22. The van der Waals surface area contributed by atoms with Gasteiger partial charge in [-0.2, -0.15) is 0 Å². The minimum atomic E-state index is -0.0217. The predicted octanol–water partition coefficient (Wildman–Crippen LogP) is 4.97. The first-order valence-electron chi connectivity index (χ1n) is 9.76. The van der Waals surface area contributed by atoms with Crippen molar-refractivity contribution in [3.63, 3.8) is 0 Å². The lowest BCUT2D eigenvalue weighted by Crippen LogP contribution is -2.43. The van der Waals surface area contributed by atoms with Crippen LogP contribution in [0.2, 0.25) is 5.02 Å². The summed E-state index contributed by atoms with van der Waals surface area (Å²) in [6.07, 6.45) is 0. The number of aryl methyl sites for hydroxylation is 2. The maximum absolute atomic E-state index is 13.4. The van der Waals surface area contributed by atoms with E-state index in [1.54, 1.807) is 4.90 Å². The number of anilines is 1. The van der Waals surface area contributed by atoms with Gasteiger partial charge in [-0.05, 0) is 55.3 Å². The second kappa shape index (κ2) is 10.1. The molecule has 1 fully saturated rings. The zero-order chi connectivity index (χ0) is 20.4. The largest absolute Gasteiger partial charge is 0.379 e. The number of amides is 1. The molecular weight excluding hydrogens is 441 g/mol. The molecule has 0 saturated carbocycles. The number of carbonyl (C=O) groups is 1. The Labute approximate surface area is 192 Å². The molecule has 5 nitrogen and oxygen atoms in total. The van der Waals surface area contributed by atoms with Gasteiger partial charge in [-0.1, -0.05) is 29.0 Å². The van der Waals surface area contributed by atoms with E-state index in [0.29, 0.717) is 22.3 Å². The fraction of sp³-hybridized carbons (Fsp3) is 0.364. The molecule has 0 atom stereocenters. The zero-order valence-corrected chi connectivity index (χ0v) is 19.4. The van der Waals surface area contributed by atoms with E-state index in [9.17, 15) is 4.79 Å². The van der Waals surface area contributed by atoms with Gasteiger partial charge in [0.2, 0.25) is 0 Å². The Morgan fingerprint density at radius 1 is 1.17 bits per heavy atom. The Morgan fingerprint density at radius 2 is 1.93 bits per heavy atom. The van der Waals surface area contributed by atoms with Gasteiger partial charge in [0, 0.05) is 36.8 Å². The first kappa shape index (κ1) is 23.0. The first-order chi connectivity index (χ1) is 14.0. The number of morpholine rings is 1. The van der Waals surface area contributed by atoms with E-state index >= 15 is 0 Å². The molecule has 30 heavy (non-hydrogen) atoms. The van der Waals surface area contributed by atoms with Crippen LogP contribution in [0.1, 0.15) is 21.5 Å². The lowest BCUT2D eigenvalue weighted by atomic mass is 10.1. The highest BCUT2D eigenvalue weighted by Gasteiger charge is 2.23. The summed E-state index contributed by atoms with van der Waals surface area (Å²) in [7, 11) is 0. The van der Waals surface area contributed by atoms with Crippen molar-refractivity contribution in [3.8, 4) is 0 Å². The molecule has 0 spiro atoms. The number of halogens is 2. The fourth-order valence-corrected chi connectivity index (χ4v) is 4.65. The molecule has 1 aliphatic heterocycles. The standard InChI is InChI=1S/C22H24ClN3O2S.ClH/c1-15-3-4-17(13-16(15)2)21(27)26(8-7-25-9-11-28-12-10-25)22-24-19-6-5-18(23)14-20(19)29-22;/h3-6,13-14H,7-12H2,1-2H3;1H. The van der Waals surface area contributed by atoms with Crippen molar-refractivity contribution in [2.75, 3.05) is 44.3 Å². The number of hydrogen-bond acceptors (Lipinski definition) is 5. The van der Waals surface area contributed by atoms with E-state index in [1.807, 2.05) is 43.3 Å². The number of benzene rings is 2. The molecular formula is C22H25Cl2N3O2S. The fourth-order valence-electron chi connectivity index (χ4n) is 3.38. The van der Waals surface area contributed by atoms with Crippen molar-refractivity contribution < 1.29 is 9.53 Å². The summed E-state index contributed by atoms with van der Waals surface area (Å²) in [4.78, 5) is 22.3. The molecule has 3 aromatic rings. The number of ether oxygens (including phenoxy) is 1. The molecule has 0 unspecified atom stereocenters. The number of fused-ring (bicyclic) bond motifs is 1. The minimum Gasteiger partial charge on any atom is -0.379 e. The van der Waals surface area contributed by atoms with Gasteiger partial charge in [0.15, 0.2) is 5.13 Å². The third-order valence-electron chi connectivity index (χ3n) is 5.31. The van der Waals surface area contributed by atoms with Crippen LogP contribution in [0.3, 0.4) is 0 Å². The summed E-state index contributed by atoms with van der Waals surface area (Å²) >= 11 is 7.64. The molecule has 1 aliphatic rings. The number of thiazole rings is 1. The molecule has 1 saturated heterocycles. The Balaban J connectivity index is 0.00000256. The van der Waals surface area contributed by atoms with Crippen molar-refractivity contribution in [2.24, 2.45) is 0 Å². The second-order valence-corrected chi connectivity index (χ2v) is 8.76. The number of hydrogen-bond donors (Lipinski definition) is 0. The van der Waals surface area contributed by atoms with Crippen LogP contribution >= 0.6 is 35.3 Å². The molecule has 0 aliphatic carbocycles. The topological polar surface area (TPSA) is 45.7 Å². The Morgan fingerprint density at radius 3 is 2.67 bits per heavy atom. The number of rotatable bonds is 5. The summed E-state index contributed by atoms with van der Waals surface area (Å²) in [6.45, 7) is 8.72. The van der Waals surface area contributed by atoms with E-state index in [0.717, 1.165) is 48.6 Å². The van der Waals surface area contributed by atoms with Crippen LogP contribution in [-0.4, -0.2) is 55.2 Å². The monoisotopic (exact) mass is 465 g/mol. The number of aromatic nitrogens is 1. The zero-order valence-electron chi connectivity index (χ0n) is 17.1. The lowest BCUT2D eigenvalue weighted by Gasteiger charge is -2.29.